The van der Waals surface area contributed by atoms with Crippen LogP contribution < -0.4 is 11.3 Å². The van der Waals surface area contributed by atoms with Gasteiger partial charge in [0.25, 0.3) is 5.56 Å². The van der Waals surface area contributed by atoms with E-state index in [1.807, 2.05) is 6.92 Å². The van der Waals surface area contributed by atoms with E-state index in [2.05, 4.69) is 15.0 Å². The molecule has 7 heteroatoms. The number of rotatable bonds is 3. The Balaban J connectivity index is 2.53. The van der Waals surface area contributed by atoms with Crippen molar-refractivity contribution < 1.29 is 4.74 Å². The molecule has 0 saturated carbocycles. The van der Waals surface area contributed by atoms with E-state index in [1.165, 1.54) is 6.33 Å². The fraction of sp³-hybridized carbons (Fsp3) is 0.375. The number of hydrogen-bond donors (Lipinski definition) is 2. The quantitative estimate of drug-likeness (QED) is 0.722. The molecule has 2 rings (SSSR count). The summed E-state index contributed by atoms with van der Waals surface area (Å²) in [5, 5.41) is 0. The van der Waals surface area contributed by atoms with Gasteiger partial charge in [0.05, 0.1) is 6.33 Å². The van der Waals surface area contributed by atoms with E-state index in [4.69, 9.17) is 10.5 Å². The molecule has 0 aliphatic carbocycles. The third kappa shape index (κ3) is 1.68. The van der Waals surface area contributed by atoms with Crippen molar-refractivity contribution in [3.63, 3.8) is 0 Å². The van der Waals surface area contributed by atoms with Crippen molar-refractivity contribution in [3.8, 4) is 0 Å². The van der Waals surface area contributed by atoms with Crippen molar-refractivity contribution >= 4 is 17.1 Å². The van der Waals surface area contributed by atoms with Gasteiger partial charge < -0.3 is 10.5 Å². The molecular formula is C8H11N5O2. The van der Waals surface area contributed by atoms with Crippen LogP contribution in [0, 0.1) is 0 Å². The van der Waals surface area contributed by atoms with Gasteiger partial charge in [-0.05, 0) is 6.92 Å². The number of nitrogen functional groups attached to an aromatic ring is 1. The van der Waals surface area contributed by atoms with Crippen molar-refractivity contribution in [1.29, 1.82) is 0 Å². The van der Waals surface area contributed by atoms with Crippen LogP contribution in [0.4, 0.5) is 5.95 Å². The van der Waals surface area contributed by atoms with Crippen LogP contribution >= 0.6 is 0 Å². The van der Waals surface area contributed by atoms with Crippen LogP contribution in [-0.4, -0.2) is 26.1 Å². The predicted molar refractivity (Wildman–Crippen MR) is 54.2 cm³/mol. The number of nitrogens with two attached hydrogens (primary N) is 1. The smallest absolute Gasteiger partial charge is 0.280 e. The number of aromatic nitrogens is 4. The summed E-state index contributed by atoms with van der Waals surface area (Å²) in [6.07, 6.45) is 1.50. The second-order valence-corrected chi connectivity index (χ2v) is 2.96. The Morgan fingerprint density at radius 2 is 2.47 bits per heavy atom. The Morgan fingerprint density at radius 1 is 1.67 bits per heavy atom. The van der Waals surface area contributed by atoms with Crippen molar-refractivity contribution in [2.75, 3.05) is 12.3 Å². The molecule has 0 aromatic carbocycles. The minimum absolute atomic E-state index is 0.0748. The van der Waals surface area contributed by atoms with Crippen LogP contribution in [0.1, 0.15) is 6.92 Å². The molecule has 80 valence electrons. The maximum atomic E-state index is 11.4. The monoisotopic (exact) mass is 209 g/mol. The summed E-state index contributed by atoms with van der Waals surface area (Å²) in [5.41, 5.74) is 5.80. The lowest BCUT2D eigenvalue weighted by molar-refractivity contribution is 0.0901. The lowest BCUT2D eigenvalue weighted by atomic mass is 10.5. The van der Waals surface area contributed by atoms with E-state index in [0.29, 0.717) is 19.0 Å². The van der Waals surface area contributed by atoms with Gasteiger partial charge in [0, 0.05) is 6.61 Å². The Bertz CT molecular complexity index is 529. The predicted octanol–water partition coefficient (Wildman–Crippen LogP) is -0.304. The zero-order valence-corrected chi connectivity index (χ0v) is 8.23. The fourth-order valence-electron chi connectivity index (χ4n) is 1.25. The molecule has 0 aliphatic heterocycles. The number of anilines is 1. The maximum absolute atomic E-state index is 11.4. The normalized spacial score (nSPS) is 11.0. The molecule has 0 amide bonds. The first-order valence-electron chi connectivity index (χ1n) is 4.50. The average molecular weight is 209 g/mol. The van der Waals surface area contributed by atoms with Gasteiger partial charge in [-0.25, -0.2) is 4.98 Å². The van der Waals surface area contributed by atoms with Gasteiger partial charge in [0.1, 0.15) is 6.73 Å². The molecule has 0 spiro atoms. The lowest BCUT2D eigenvalue weighted by Crippen LogP contribution is -2.12. The van der Waals surface area contributed by atoms with Crippen LogP contribution in [-0.2, 0) is 11.5 Å². The fourth-order valence-corrected chi connectivity index (χ4v) is 1.25. The molecule has 3 N–H and O–H groups in total. The van der Waals surface area contributed by atoms with E-state index in [1.54, 1.807) is 4.57 Å². The molecule has 0 radical (unpaired) electrons. The molecule has 7 nitrogen and oxygen atoms in total. The first-order chi connectivity index (χ1) is 7.22. The van der Waals surface area contributed by atoms with Gasteiger partial charge >= 0.3 is 0 Å². The standard InChI is InChI=1S/C8H11N5O2/c1-2-15-4-13-3-10-5-6(13)11-8(9)12-7(5)14/h3H,2,4H2,1H3,(H3,9,11,12,14). The SMILES string of the molecule is CCOCn1cnc2c(=O)[nH]c(N)nc21. The third-order valence-electron chi connectivity index (χ3n) is 1.93. The summed E-state index contributed by atoms with van der Waals surface area (Å²) in [4.78, 5) is 21.7. The molecule has 0 aliphatic rings. The van der Waals surface area contributed by atoms with Crippen molar-refractivity contribution in [2.24, 2.45) is 0 Å². The molecular weight excluding hydrogens is 198 g/mol. The summed E-state index contributed by atoms with van der Waals surface area (Å²) in [6.45, 7) is 2.77. The molecule has 0 unspecified atom stereocenters. The van der Waals surface area contributed by atoms with Gasteiger partial charge in [-0.1, -0.05) is 0 Å². The summed E-state index contributed by atoms with van der Waals surface area (Å²) >= 11 is 0. The minimum Gasteiger partial charge on any atom is -0.369 e. The van der Waals surface area contributed by atoms with E-state index < -0.39 is 0 Å². The molecule has 0 saturated heterocycles. The van der Waals surface area contributed by atoms with E-state index in [-0.39, 0.29) is 17.0 Å². The van der Waals surface area contributed by atoms with Crippen LogP contribution in [0.5, 0.6) is 0 Å². The Hall–Kier alpha value is -1.89. The van der Waals surface area contributed by atoms with Gasteiger partial charge in [-0.3, -0.25) is 14.3 Å². The highest BCUT2D eigenvalue weighted by molar-refractivity contribution is 5.70. The minimum atomic E-state index is -0.340. The number of ether oxygens (including phenoxy) is 1. The summed E-state index contributed by atoms with van der Waals surface area (Å²) in [5.74, 6) is 0.0748. The molecule has 0 bridgehead atoms. The van der Waals surface area contributed by atoms with Crippen molar-refractivity contribution in [3.05, 3.63) is 16.7 Å². The highest BCUT2D eigenvalue weighted by atomic mass is 16.5. The third-order valence-corrected chi connectivity index (χ3v) is 1.93. The second kappa shape index (κ2) is 3.70. The van der Waals surface area contributed by atoms with Crippen molar-refractivity contribution in [2.45, 2.75) is 13.7 Å². The zero-order valence-electron chi connectivity index (χ0n) is 8.23. The number of hydrogen-bond acceptors (Lipinski definition) is 5. The number of nitrogens with zero attached hydrogens (tertiary/aromatic N) is 3. The summed E-state index contributed by atoms with van der Waals surface area (Å²) in [7, 11) is 0. The lowest BCUT2D eigenvalue weighted by Gasteiger charge is -2.02. The molecule has 0 fully saturated rings. The number of nitrogens with one attached hydrogen (secondary N) is 1. The maximum Gasteiger partial charge on any atom is 0.280 e. The van der Waals surface area contributed by atoms with Crippen LogP contribution in [0.3, 0.4) is 0 Å². The summed E-state index contributed by atoms with van der Waals surface area (Å²) < 4.78 is 6.83. The first-order valence-corrected chi connectivity index (χ1v) is 4.50. The van der Waals surface area contributed by atoms with E-state index >= 15 is 0 Å². The Morgan fingerprint density at radius 3 is 3.20 bits per heavy atom. The highest BCUT2D eigenvalue weighted by Crippen LogP contribution is 2.05. The van der Waals surface area contributed by atoms with Gasteiger partial charge in [0.2, 0.25) is 5.95 Å². The zero-order chi connectivity index (χ0) is 10.8. The largest absolute Gasteiger partial charge is 0.369 e. The number of H-pyrrole nitrogens is 1. The van der Waals surface area contributed by atoms with E-state index in [9.17, 15) is 4.79 Å². The number of imidazole rings is 1. The molecule has 2 aromatic rings. The Kier molecular flexibility index (Phi) is 2.38. The highest BCUT2D eigenvalue weighted by Gasteiger charge is 2.08. The first kappa shape index (κ1) is 9.66. The molecule has 2 heterocycles. The second-order valence-electron chi connectivity index (χ2n) is 2.96. The van der Waals surface area contributed by atoms with Crippen LogP contribution in [0.25, 0.3) is 11.2 Å². The molecule has 15 heavy (non-hydrogen) atoms. The number of fused-ring (bicyclic) bond motifs is 1. The Labute approximate surface area is 84.9 Å². The van der Waals surface area contributed by atoms with E-state index in [0.717, 1.165) is 0 Å². The number of aromatic amines is 1. The van der Waals surface area contributed by atoms with Gasteiger partial charge in [-0.15, -0.1) is 0 Å². The van der Waals surface area contributed by atoms with Crippen LogP contribution in [0.2, 0.25) is 0 Å². The summed E-state index contributed by atoms with van der Waals surface area (Å²) in [6, 6.07) is 0. The average Bonchev–Trinajstić information content (AvgIpc) is 2.58. The molecule has 0 atom stereocenters. The van der Waals surface area contributed by atoms with Crippen LogP contribution in [0.15, 0.2) is 11.1 Å². The van der Waals surface area contributed by atoms with Gasteiger partial charge in [0.15, 0.2) is 11.2 Å². The van der Waals surface area contributed by atoms with Gasteiger partial charge in [-0.2, -0.15) is 4.98 Å². The molecule has 2 aromatic heterocycles. The topological polar surface area (TPSA) is 98.8 Å². The van der Waals surface area contributed by atoms with Crippen molar-refractivity contribution in [1.82, 2.24) is 19.5 Å².